The van der Waals surface area contributed by atoms with E-state index in [0.29, 0.717) is 19.3 Å². The molecule has 1 saturated carbocycles. The summed E-state index contributed by atoms with van der Waals surface area (Å²) < 4.78 is 4.87. The Morgan fingerprint density at radius 3 is 2.44 bits per heavy atom. The van der Waals surface area contributed by atoms with Gasteiger partial charge in [0.2, 0.25) is 0 Å². The van der Waals surface area contributed by atoms with Crippen molar-refractivity contribution in [2.75, 3.05) is 13.2 Å². The summed E-state index contributed by atoms with van der Waals surface area (Å²) in [6.07, 6.45) is 5.15. The lowest BCUT2D eigenvalue weighted by atomic mass is 9.83. The number of halogens is 1. The molecule has 3 N–H and O–H groups in total. The minimum absolute atomic E-state index is 0.00345. The van der Waals surface area contributed by atoms with Gasteiger partial charge in [0.05, 0.1) is 18.8 Å². The zero-order valence-corrected chi connectivity index (χ0v) is 20.4. The van der Waals surface area contributed by atoms with Crippen LogP contribution in [0.25, 0.3) is 0 Å². The molecule has 5 atom stereocenters. The van der Waals surface area contributed by atoms with Crippen LogP contribution in [-0.2, 0) is 16.0 Å². The Hall–Kier alpha value is -1.92. The summed E-state index contributed by atoms with van der Waals surface area (Å²) in [6.45, 7) is -0.0783. The molecule has 2 aromatic rings. The fourth-order valence-electron chi connectivity index (χ4n) is 5.02. The molecular formula is C28H37ClO5. The van der Waals surface area contributed by atoms with Crippen molar-refractivity contribution in [1.82, 2.24) is 0 Å². The third-order valence-electron chi connectivity index (χ3n) is 6.81. The van der Waals surface area contributed by atoms with Crippen molar-refractivity contribution in [3.8, 4) is 0 Å². The summed E-state index contributed by atoms with van der Waals surface area (Å²) in [5.74, 6) is -0.0614. The largest absolute Gasteiger partial charge is 0.463 e. The Balaban J connectivity index is 1.49. The van der Waals surface area contributed by atoms with Crippen LogP contribution in [0.4, 0.5) is 0 Å². The van der Waals surface area contributed by atoms with Crippen molar-refractivity contribution in [3.63, 3.8) is 0 Å². The van der Waals surface area contributed by atoms with E-state index >= 15 is 0 Å². The molecule has 0 amide bonds. The molecule has 1 aliphatic rings. The van der Waals surface area contributed by atoms with Crippen LogP contribution in [0.15, 0.2) is 54.6 Å². The average Bonchev–Trinajstić information content (AvgIpc) is 3.13. The van der Waals surface area contributed by atoms with Crippen LogP contribution < -0.4 is 0 Å². The van der Waals surface area contributed by atoms with Gasteiger partial charge in [-0.05, 0) is 41.9 Å². The van der Waals surface area contributed by atoms with Crippen molar-refractivity contribution >= 4 is 17.6 Å². The Morgan fingerprint density at radius 2 is 1.74 bits per heavy atom. The van der Waals surface area contributed by atoms with E-state index in [4.69, 9.17) is 21.4 Å². The number of esters is 1. The van der Waals surface area contributed by atoms with Gasteiger partial charge >= 0.3 is 5.97 Å². The Labute approximate surface area is 207 Å². The maximum atomic E-state index is 11.5. The van der Waals surface area contributed by atoms with Crippen LogP contribution in [-0.4, -0.2) is 46.0 Å². The lowest BCUT2D eigenvalue weighted by Gasteiger charge is -2.24. The van der Waals surface area contributed by atoms with Gasteiger partial charge in [-0.15, -0.1) is 11.6 Å². The van der Waals surface area contributed by atoms with E-state index < -0.39 is 12.2 Å². The average molecular weight is 489 g/mol. The topological polar surface area (TPSA) is 87.0 Å². The molecule has 186 valence electrons. The van der Waals surface area contributed by atoms with Gasteiger partial charge in [0.1, 0.15) is 6.61 Å². The number of carbonyl (C=O) groups is 1. The molecule has 1 unspecified atom stereocenters. The molecule has 1 aliphatic carbocycles. The van der Waals surface area contributed by atoms with Gasteiger partial charge in [-0.2, -0.15) is 0 Å². The van der Waals surface area contributed by atoms with E-state index in [1.54, 1.807) is 0 Å². The Morgan fingerprint density at radius 1 is 1.03 bits per heavy atom. The van der Waals surface area contributed by atoms with Gasteiger partial charge in [-0.25, -0.2) is 0 Å². The quantitative estimate of drug-likeness (QED) is 0.212. The second kappa shape index (κ2) is 13.8. The smallest absolute Gasteiger partial charge is 0.305 e. The molecule has 0 aliphatic heterocycles. The summed E-state index contributed by atoms with van der Waals surface area (Å²) >= 11 is 6.64. The van der Waals surface area contributed by atoms with Crippen LogP contribution >= 0.6 is 11.6 Å². The third-order valence-corrected chi connectivity index (χ3v) is 7.31. The molecular weight excluding hydrogens is 452 g/mol. The predicted octanol–water partition coefficient (Wildman–Crippen LogP) is 4.91. The van der Waals surface area contributed by atoms with Gasteiger partial charge in [-0.3, -0.25) is 4.79 Å². The highest BCUT2D eigenvalue weighted by molar-refractivity contribution is 6.21. The van der Waals surface area contributed by atoms with Crippen LogP contribution in [0.5, 0.6) is 0 Å². The second-order valence-corrected chi connectivity index (χ2v) is 9.84. The highest BCUT2D eigenvalue weighted by Crippen LogP contribution is 2.45. The summed E-state index contributed by atoms with van der Waals surface area (Å²) in [7, 11) is 0. The van der Waals surface area contributed by atoms with E-state index in [-0.39, 0.29) is 36.4 Å². The molecule has 34 heavy (non-hydrogen) atoms. The first-order chi connectivity index (χ1) is 16.5. The lowest BCUT2D eigenvalue weighted by molar-refractivity contribution is -0.144. The fourth-order valence-corrected chi connectivity index (χ4v) is 5.49. The standard InChI is InChI=1S/C28H37ClO5/c29-24-19-26(32)28(23(24)10-6-1-2-7-11-27(33)34-17-16-30)22-14-12-21(13-15-22)25(31)18-20-8-4-3-5-9-20/h3-5,8-9,12-15,23-26,28,30-32H,1-2,6-7,10-11,16-19H2/t23-,24+,25?,26+,28+/m0/s1. The third kappa shape index (κ3) is 7.81. The highest BCUT2D eigenvalue weighted by Gasteiger charge is 2.41. The first-order valence-corrected chi connectivity index (χ1v) is 12.8. The molecule has 0 aromatic heterocycles. The van der Waals surface area contributed by atoms with Crippen molar-refractivity contribution in [2.24, 2.45) is 5.92 Å². The first kappa shape index (κ1) is 26.7. The van der Waals surface area contributed by atoms with E-state index in [1.807, 2.05) is 54.6 Å². The molecule has 0 bridgehead atoms. The number of carbonyl (C=O) groups excluding carboxylic acids is 1. The maximum absolute atomic E-state index is 11.5. The number of aliphatic hydroxyl groups excluding tert-OH is 3. The minimum Gasteiger partial charge on any atom is -0.463 e. The summed E-state index contributed by atoms with van der Waals surface area (Å²) in [5, 5.41) is 30.0. The number of alkyl halides is 1. The molecule has 6 heteroatoms. The van der Waals surface area contributed by atoms with E-state index in [1.165, 1.54) is 0 Å². The number of hydrogen-bond donors (Lipinski definition) is 3. The molecule has 2 aromatic carbocycles. The van der Waals surface area contributed by atoms with Gasteiger partial charge in [0.15, 0.2) is 0 Å². The number of benzene rings is 2. The summed E-state index contributed by atoms with van der Waals surface area (Å²) in [4.78, 5) is 11.5. The Kier molecular flexibility index (Phi) is 10.9. The normalized spacial score (nSPS) is 23.1. The molecule has 0 saturated heterocycles. The zero-order valence-electron chi connectivity index (χ0n) is 19.7. The van der Waals surface area contributed by atoms with Crippen LogP contribution in [0, 0.1) is 5.92 Å². The molecule has 1 fully saturated rings. The van der Waals surface area contributed by atoms with Crippen LogP contribution in [0.2, 0.25) is 0 Å². The molecule has 0 heterocycles. The number of rotatable bonds is 13. The second-order valence-electron chi connectivity index (χ2n) is 9.28. The van der Waals surface area contributed by atoms with Crippen LogP contribution in [0.1, 0.15) is 73.7 Å². The van der Waals surface area contributed by atoms with Gasteiger partial charge in [0, 0.05) is 24.1 Å². The van der Waals surface area contributed by atoms with E-state index in [0.717, 1.165) is 48.8 Å². The van der Waals surface area contributed by atoms with E-state index in [2.05, 4.69) is 0 Å². The van der Waals surface area contributed by atoms with Gasteiger partial charge in [0.25, 0.3) is 0 Å². The molecule has 0 radical (unpaired) electrons. The van der Waals surface area contributed by atoms with Crippen molar-refractivity contribution in [1.29, 1.82) is 0 Å². The zero-order chi connectivity index (χ0) is 24.3. The fraction of sp³-hybridized carbons (Fsp3) is 0.536. The summed E-state index contributed by atoms with van der Waals surface area (Å²) in [6, 6.07) is 17.9. The maximum Gasteiger partial charge on any atom is 0.305 e. The first-order valence-electron chi connectivity index (χ1n) is 12.4. The number of unbranched alkanes of at least 4 members (excludes halogenated alkanes) is 3. The summed E-state index contributed by atoms with van der Waals surface area (Å²) in [5.41, 5.74) is 3.04. The SMILES string of the molecule is O=C(CCCCCC[C@@H]1[C@@H](c2ccc(C(O)Cc3ccccc3)cc2)[C@H](O)C[C@H]1Cl)OCCO. The van der Waals surface area contributed by atoms with Gasteiger partial charge in [-0.1, -0.05) is 73.9 Å². The van der Waals surface area contributed by atoms with Crippen molar-refractivity contribution in [2.45, 2.75) is 74.9 Å². The Bertz CT molecular complexity index is 857. The molecule has 0 spiro atoms. The molecule has 5 nitrogen and oxygen atoms in total. The van der Waals surface area contributed by atoms with Crippen molar-refractivity contribution < 1.29 is 24.9 Å². The number of hydrogen-bond acceptors (Lipinski definition) is 5. The van der Waals surface area contributed by atoms with E-state index in [9.17, 15) is 15.0 Å². The van der Waals surface area contributed by atoms with Crippen molar-refractivity contribution in [3.05, 3.63) is 71.3 Å². The highest BCUT2D eigenvalue weighted by atomic mass is 35.5. The molecule has 3 rings (SSSR count). The number of aliphatic hydroxyl groups is 3. The number of ether oxygens (including phenoxy) is 1. The predicted molar refractivity (Wildman–Crippen MR) is 134 cm³/mol. The van der Waals surface area contributed by atoms with Gasteiger partial charge < -0.3 is 20.1 Å². The monoisotopic (exact) mass is 488 g/mol. The minimum atomic E-state index is -0.567. The lowest BCUT2D eigenvalue weighted by Crippen LogP contribution is -2.19. The van der Waals surface area contributed by atoms with Crippen LogP contribution in [0.3, 0.4) is 0 Å².